The van der Waals surface area contributed by atoms with Crippen molar-refractivity contribution in [3.63, 3.8) is 0 Å². The highest BCUT2D eigenvalue weighted by atomic mass is 35.5. The first-order valence-electron chi connectivity index (χ1n) is 16.5. The van der Waals surface area contributed by atoms with Gasteiger partial charge in [0.15, 0.2) is 5.43 Å². The van der Waals surface area contributed by atoms with Crippen LogP contribution in [0.1, 0.15) is 78.6 Å². The van der Waals surface area contributed by atoms with Gasteiger partial charge in [-0.2, -0.15) is 0 Å². The summed E-state index contributed by atoms with van der Waals surface area (Å²) in [5.74, 6) is 0.523. The average molecular weight is 647 g/mol. The lowest BCUT2D eigenvalue weighted by Gasteiger charge is -2.39. The summed E-state index contributed by atoms with van der Waals surface area (Å²) in [6.45, 7) is 7.42. The SMILES string of the molecule is Cc1cc(C(NCc2c[nH]c3cc(N4CCC[C@H](O)C4)c(F)cc3c2=O)[C@H]2CCCN(c3cnc(C)cc3C3CC3)C2)ccn1.Cl. The minimum absolute atomic E-state index is 0. The molecular weight excluding hydrogens is 603 g/mol. The van der Waals surface area contributed by atoms with Crippen molar-refractivity contribution in [2.45, 2.75) is 77.0 Å². The van der Waals surface area contributed by atoms with Gasteiger partial charge in [-0.3, -0.25) is 14.8 Å². The van der Waals surface area contributed by atoms with Crippen molar-refractivity contribution < 1.29 is 9.50 Å². The Kier molecular flexibility index (Phi) is 9.64. The average Bonchev–Trinajstić information content (AvgIpc) is 3.88. The summed E-state index contributed by atoms with van der Waals surface area (Å²) in [6.07, 6.45) is 11.4. The molecule has 1 unspecified atom stereocenters. The molecule has 3 aliphatic rings. The smallest absolute Gasteiger partial charge is 0.193 e. The Labute approximate surface area is 275 Å². The first-order valence-corrected chi connectivity index (χ1v) is 16.5. The van der Waals surface area contributed by atoms with Crippen molar-refractivity contribution >= 4 is 34.7 Å². The summed E-state index contributed by atoms with van der Waals surface area (Å²) < 4.78 is 15.3. The molecular formula is C36H44ClFN6O2. The predicted octanol–water partition coefficient (Wildman–Crippen LogP) is 6.08. The molecule has 7 rings (SSSR count). The van der Waals surface area contributed by atoms with Gasteiger partial charge in [-0.1, -0.05) is 0 Å². The molecule has 0 amide bonds. The number of aryl methyl sites for hydroxylation is 2. The molecule has 3 atom stereocenters. The van der Waals surface area contributed by atoms with Crippen molar-refractivity contribution in [2.24, 2.45) is 5.92 Å². The van der Waals surface area contributed by atoms with E-state index < -0.39 is 11.9 Å². The molecule has 4 aromatic rings. The van der Waals surface area contributed by atoms with Gasteiger partial charge in [-0.15, -0.1) is 12.4 Å². The van der Waals surface area contributed by atoms with Crippen LogP contribution < -0.4 is 20.5 Å². The molecule has 5 heterocycles. The Bertz CT molecular complexity index is 1760. The maximum atomic E-state index is 15.3. The van der Waals surface area contributed by atoms with Crippen LogP contribution in [0.15, 0.2) is 53.7 Å². The van der Waals surface area contributed by atoms with Gasteiger partial charge in [0.25, 0.3) is 0 Å². The van der Waals surface area contributed by atoms with Crippen LogP contribution >= 0.6 is 12.4 Å². The van der Waals surface area contributed by atoms with E-state index in [9.17, 15) is 9.90 Å². The number of β-amino-alcohol motifs (C(OH)–C–C–N with tert-alkyl or cyclic N) is 1. The fourth-order valence-corrected chi connectivity index (χ4v) is 7.42. The number of H-pyrrole nitrogens is 1. The van der Waals surface area contributed by atoms with E-state index in [0.29, 0.717) is 53.6 Å². The number of fused-ring (bicyclic) bond motifs is 1. The lowest BCUT2D eigenvalue weighted by Crippen LogP contribution is -2.42. The highest BCUT2D eigenvalue weighted by molar-refractivity contribution is 5.85. The molecule has 3 fully saturated rings. The lowest BCUT2D eigenvalue weighted by molar-refractivity contribution is 0.154. The summed E-state index contributed by atoms with van der Waals surface area (Å²) >= 11 is 0. The highest BCUT2D eigenvalue weighted by Gasteiger charge is 2.33. The maximum Gasteiger partial charge on any atom is 0.193 e. The van der Waals surface area contributed by atoms with Gasteiger partial charge in [-0.05, 0) is 106 Å². The number of hydrogen-bond donors (Lipinski definition) is 3. The standard InChI is InChI=1S/C36H43FN6O2.ClH/c1-22-13-25(9-10-38-22)35(26-5-3-11-42(20-26)34-19-39-23(2)14-29(34)24-7-8-24)41-18-27-17-40-32-16-33(31(37)15-30(32)36(27)45)43-12-4-6-28(44)21-43;/h9-10,13-17,19,24,26,28,35,41,44H,3-8,11-12,18,20-21H2,1-2H3,(H,40,45);1H/t26-,28-,35?;/m0./s1. The number of anilines is 2. The predicted molar refractivity (Wildman–Crippen MR) is 184 cm³/mol. The van der Waals surface area contributed by atoms with Gasteiger partial charge in [0.1, 0.15) is 5.82 Å². The number of nitrogens with one attached hydrogen (secondary N) is 2. The molecule has 244 valence electrons. The number of hydrogen-bond acceptors (Lipinski definition) is 7. The Morgan fingerprint density at radius 2 is 1.76 bits per heavy atom. The second-order valence-corrected chi connectivity index (χ2v) is 13.3. The van der Waals surface area contributed by atoms with E-state index in [2.05, 4.69) is 56.5 Å². The van der Waals surface area contributed by atoms with Crippen LogP contribution in [0.2, 0.25) is 0 Å². The Morgan fingerprint density at radius 1 is 1.00 bits per heavy atom. The first-order chi connectivity index (χ1) is 21.8. The van der Waals surface area contributed by atoms with Gasteiger partial charge >= 0.3 is 0 Å². The van der Waals surface area contributed by atoms with E-state index in [4.69, 9.17) is 0 Å². The molecule has 3 aromatic heterocycles. The number of aromatic amines is 1. The van der Waals surface area contributed by atoms with E-state index in [1.807, 2.05) is 18.0 Å². The molecule has 0 radical (unpaired) electrons. The third-order valence-corrected chi connectivity index (χ3v) is 9.89. The number of piperidine rings is 2. The molecule has 46 heavy (non-hydrogen) atoms. The molecule has 0 bridgehead atoms. The van der Waals surface area contributed by atoms with E-state index >= 15 is 4.39 Å². The van der Waals surface area contributed by atoms with Crippen molar-refractivity contribution in [1.29, 1.82) is 0 Å². The van der Waals surface area contributed by atoms with Crippen molar-refractivity contribution in [3.05, 3.63) is 93.0 Å². The second kappa shape index (κ2) is 13.7. The second-order valence-electron chi connectivity index (χ2n) is 13.3. The molecule has 1 aliphatic carbocycles. The molecule has 10 heteroatoms. The first kappa shape index (κ1) is 32.4. The van der Waals surface area contributed by atoms with Gasteiger partial charge in [-0.25, -0.2) is 4.39 Å². The number of aliphatic hydroxyl groups excluding tert-OH is 1. The quantitative estimate of drug-likeness (QED) is 0.213. The summed E-state index contributed by atoms with van der Waals surface area (Å²) in [5.41, 5.74) is 7.32. The van der Waals surface area contributed by atoms with Crippen LogP contribution in [0.3, 0.4) is 0 Å². The number of aliphatic hydroxyl groups is 1. The van der Waals surface area contributed by atoms with E-state index in [-0.39, 0.29) is 23.9 Å². The topological polar surface area (TPSA) is 97.4 Å². The number of aromatic nitrogens is 3. The Hall–Kier alpha value is -3.53. The van der Waals surface area contributed by atoms with E-state index in [1.165, 1.54) is 30.2 Å². The Morgan fingerprint density at radius 3 is 2.52 bits per heavy atom. The van der Waals surface area contributed by atoms with Crippen molar-refractivity contribution in [2.75, 3.05) is 36.0 Å². The molecule has 0 spiro atoms. The third-order valence-electron chi connectivity index (χ3n) is 9.89. The number of pyridine rings is 3. The lowest BCUT2D eigenvalue weighted by atomic mass is 9.86. The van der Waals surface area contributed by atoms with E-state index in [1.54, 1.807) is 12.3 Å². The highest BCUT2D eigenvalue weighted by Crippen LogP contribution is 2.45. The van der Waals surface area contributed by atoms with Gasteiger partial charge in [0.2, 0.25) is 0 Å². The Balaban J connectivity index is 0.00000372. The monoisotopic (exact) mass is 646 g/mol. The minimum atomic E-state index is -0.469. The molecule has 3 N–H and O–H groups in total. The zero-order chi connectivity index (χ0) is 31.1. The van der Waals surface area contributed by atoms with Crippen molar-refractivity contribution in [1.82, 2.24) is 20.3 Å². The van der Waals surface area contributed by atoms with Crippen LogP contribution in [0, 0.1) is 25.6 Å². The van der Waals surface area contributed by atoms with Crippen LogP contribution in [-0.4, -0.2) is 52.3 Å². The van der Waals surface area contributed by atoms with Crippen molar-refractivity contribution in [3.8, 4) is 0 Å². The maximum absolute atomic E-state index is 15.3. The molecule has 2 saturated heterocycles. The molecule has 1 aromatic carbocycles. The number of rotatable bonds is 8. The summed E-state index contributed by atoms with van der Waals surface area (Å²) in [5, 5.41) is 14.2. The third kappa shape index (κ3) is 6.77. The zero-order valence-electron chi connectivity index (χ0n) is 26.6. The molecule has 8 nitrogen and oxygen atoms in total. The number of nitrogens with zero attached hydrogens (tertiary/aromatic N) is 4. The van der Waals surface area contributed by atoms with Crippen LogP contribution in [0.4, 0.5) is 15.8 Å². The number of halogens is 2. The normalized spacial score (nSPS) is 20.9. The van der Waals surface area contributed by atoms with Gasteiger partial charge in [0, 0.05) is 73.5 Å². The van der Waals surface area contributed by atoms with Gasteiger partial charge < -0.3 is 25.2 Å². The molecule has 1 saturated carbocycles. The fraction of sp³-hybridized carbons (Fsp3) is 0.472. The minimum Gasteiger partial charge on any atom is -0.391 e. The summed E-state index contributed by atoms with van der Waals surface area (Å²) in [4.78, 5) is 30.4. The fourth-order valence-electron chi connectivity index (χ4n) is 7.42. The zero-order valence-corrected chi connectivity index (χ0v) is 27.5. The summed E-state index contributed by atoms with van der Waals surface area (Å²) in [6, 6.07) is 9.55. The molecule has 2 aliphatic heterocycles. The van der Waals surface area contributed by atoms with Crippen LogP contribution in [0.5, 0.6) is 0 Å². The van der Waals surface area contributed by atoms with Crippen LogP contribution in [0.25, 0.3) is 10.9 Å². The number of benzene rings is 1. The van der Waals surface area contributed by atoms with Gasteiger partial charge in [0.05, 0.1) is 29.2 Å². The van der Waals surface area contributed by atoms with Crippen LogP contribution in [-0.2, 0) is 6.54 Å². The summed E-state index contributed by atoms with van der Waals surface area (Å²) in [7, 11) is 0. The largest absolute Gasteiger partial charge is 0.391 e. The van der Waals surface area contributed by atoms with E-state index in [0.717, 1.165) is 55.7 Å².